The third kappa shape index (κ3) is 4.75. The maximum Gasteiger partial charge on any atom is 0.234 e. The van der Waals surface area contributed by atoms with Crippen molar-refractivity contribution in [2.45, 2.75) is 12.1 Å². The topological polar surface area (TPSA) is 80.0 Å². The molecule has 0 aliphatic heterocycles. The van der Waals surface area contributed by atoms with E-state index in [4.69, 9.17) is 0 Å². The number of thioether (sulfide) groups is 1. The highest BCUT2D eigenvalue weighted by Gasteiger charge is 2.19. The second-order valence-electron chi connectivity index (χ2n) is 6.84. The van der Waals surface area contributed by atoms with E-state index in [9.17, 15) is 14.3 Å². The van der Waals surface area contributed by atoms with E-state index >= 15 is 0 Å². The van der Waals surface area contributed by atoms with Gasteiger partial charge in [-0.1, -0.05) is 41.6 Å². The maximum atomic E-state index is 13.0. The normalized spacial score (nSPS) is 10.8. The number of carbonyl (C=O) groups is 1. The molecule has 4 rings (SSSR count). The number of aryl methyl sites for hydroxylation is 1. The summed E-state index contributed by atoms with van der Waals surface area (Å²) in [6.45, 7) is 2.00. The number of para-hydroxylation sites is 1. The molecule has 4 aromatic rings. The minimum absolute atomic E-state index is 0.0855. The number of nitrogens with one attached hydrogen (secondary N) is 1. The standard InChI is InChI=1S/C23H19FN4O2S/c1-15-6-12-18(13-7-15)28-22(19-4-2-3-5-20(19)29)26-27-23(28)31-14-21(30)25-17-10-8-16(24)9-11-17/h2-13,29H,14H2,1H3,(H,25,30). The molecule has 1 aromatic heterocycles. The highest BCUT2D eigenvalue weighted by atomic mass is 32.2. The Kier molecular flexibility index (Phi) is 5.99. The zero-order valence-corrected chi connectivity index (χ0v) is 17.4. The van der Waals surface area contributed by atoms with Crippen LogP contribution >= 0.6 is 11.8 Å². The van der Waals surface area contributed by atoms with Gasteiger partial charge in [0.25, 0.3) is 0 Å². The highest BCUT2D eigenvalue weighted by Crippen LogP contribution is 2.32. The molecule has 0 fully saturated rings. The fraction of sp³-hybridized carbons (Fsp3) is 0.0870. The van der Waals surface area contributed by atoms with Crippen LogP contribution in [0.25, 0.3) is 17.1 Å². The fourth-order valence-corrected chi connectivity index (χ4v) is 3.74. The predicted molar refractivity (Wildman–Crippen MR) is 119 cm³/mol. The molecule has 1 heterocycles. The van der Waals surface area contributed by atoms with Crippen LogP contribution in [0, 0.1) is 12.7 Å². The number of hydrogen-bond donors (Lipinski definition) is 2. The summed E-state index contributed by atoms with van der Waals surface area (Å²) >= 11 is 1.22. The lowest BCUT2D eigenvalue weighted by atomic mass is 10.1. The van der Waals surface area contributed by atoms with E-state index in [0.717, 1.165) is 11.3 Å². The maximum absolute atomic E-state index is 13.0. The molecule has 0 aliphatic carbocycles. The molecule has 31 heavy (non-hydrogen) atoms. The molecule has 0 radical (unpaired) electrons. The minimum atomic E-state index is -0.365. The smallest absolute Gasteiger partial charge is 0.234 e. The largest absolute Gasteiger partial charge is 0.507 e. The van der Waals surface area contributed by atoms with Gasteiger partial charge in [-0.2, -0.15) is 0 Å². The van der Waals surface area contributed by atoms with Crippen LogP contribution in [0.3, 0.4) is 0 Å². The molecule has 6 nitrogen and oxygen atoms in total. The van der Waals surface area contributed by atoms with Gasteiger partial charge in [0.2, 0.25) is 5.91 Å². The van der Waals surface area contributed by atoms with Crippen LogP contribution in [0.15, 0.2) is 78.0 Å². The number of anilines is 1. The fourth-order valence-electron chi connectivity index (χ4n) is 2.99. The van der Waals surface area contributed by atoms with Gasteiger partial charge in [0.15, 0.2) is 11.0 Å². The zero-order chi connectivity index (χ0) is 21.8. The number of carbonyl (C=O) groups excluding carboxylic acids is 1. The Hall–Kier alpha value is -3.65. The summed E-state index contributed by atoms with van der Waals surface area (Å²) in [4.78, 5) is 12.4. The van der Waals surface area contributed by atoms with E-state index in [-0.39, 0.29) is 23.2 Å². The highest BCUT2D eigenvalue weighted by molar-refractivity contribution is 7.99. The first kappa shape index (κ1) is 20.6. The average molecular weight is 434 g/mol. The number of hydrogen-bond acceptors (Lipinski definition) is 5. The molecule has 0 saturated carbocycles. The Labute approximate surface area is 182 Å². The lowest BCUT2D eigenvalue weighted by Crippen LogP contribution is -2.14. The molecule has 0 spiro atoms. The summed E-state index contributed by atoms with van der Waals surface area (Å²) in [5.41, 5.74) is 2.98. The third-order valence-corrected chi connectivity index (χ3v) is 5.46. The van der Waals surface area contributed by atoms with Gasteiger partial charge >= 0.3 is 0 Å². The van der Waals surface area contributed by atoms with Crippen LogP contribution in [0.1, 0.15) is 5.56 Å². The van der Waals surface area contributed by atoms with Gasteiger partial charge in [-0.3, -0.25) is 9.36 Å². The molecule has 156 valence electrons. The molecule has 3 aromatic carbocycles. The molecular weight excluding hydrogens is 415 g/mol. The van der Waals surface area contributed by atoms with Crippen LogP contribution in [-0.4, -0.2) is 31.5 Å². The first-order valence-electron chi connectivity index (χ1n) is 9.50. The molecule has 0 saturated heterocycles. The monoisotopic (exact) mass is 434 g/mol. The number of phenolic OH excluding ortho intramolecular Hbond substituents is 1. The summed E-state index contributed by atoms with van der Waals surface area (Å²) in [5.74, 6) is 0.0361. The SMILES string of the molecule is Cc1ccc(-n2c(SCC(=O)Nc3ccc(F)cc3)nnc2-c2ccccc2O)cc1. The Bertz CT molecular complexity index is 1210. The summed E-state index contributed by atoms with van der Waals surface area (Å²) in [7, 11) is 0. The quantitative estimate of drug-likeness (QED) is 0.426. The molecule has 0 bridgehead atoms. The van der Waals surface area contributed by atoms with Crippen molar-refractivity contribution in [2.24, 2.45) is 0 Å². The molecule has 0 unspecified atom stereocenters. The summed E-state index contributed by atoms with van der Waals surface area (Å²) < 4.78 is 14.9. The molecule has 1 amide bonds. The number of aromatic nitrogens is 3. The number of rotatable bonds is 6. The molecule has 0 aliphatic rings. The van der Waals surface area contributed by atoms with E-state index in [1.807, 2.05) is 41.8 Å². The minimum Gasteiger partial charge on any atom is -0.507 e. The van der Waals surface area contributed by atoms with Gasteiger partial charge in [0.1, 0.15) is 11.6 Å². The lowest BCUT2D eigenvalue weighted by Gasteiger charge is -2.11. The van der Waals surface area contributed by atoms with E-state index in [2.05, 4.69) is 15.5 Å². The number of phenols is 1. The van der Waals surface area contributed by atoms with Crippen molar-refractivity contribution in [3.63, 3.8) is 0 Å². The van der Waals surface area contributed by atoms with Crippen molar-refractivity contribution in [1.82, 2.24) is 14.8 Å². The average Bonchev–Trinajstić information content (AvgIpc) is 3.18. The zero-order valence-electron chi connectivity index (χ0n) is 16.6. The number of benzene rings is 3. The van der Waals surface area contributed by atoms with Crippen molar-refractivity contribution in [2.75, 3.05) is 11.1 Å². The number of amides is 1. The van der Waals surface area contributed by atoms with Crippen molar-refractivity contribution >= 4 is 23.4 Å². The molecule has 2 N–H and O–H groups in total. The van der Waals surface area contributed by atoms with Crippen molar-refractivity contribution in [3.05, 3.63) is 84.2 Å². The number of aromatic hydroxyl groups is 1. The van der Waals surface area contributed by atoms with Crippen molar-refractivity contribution < 1.29 is 14.3 Å². The van der Waals surface area contributed by atoms with Crippen molar-refractivity contribution in [1.29, 1.82) is 0 Å². The molecule has 8 heteroatoms. The molecular formula is C23H19FN4O2S. The third-order valence-electron chi connectivity index (χ3n) is 4.53. The van der Waals surface area contributed by atoms with Gasteiger partial charge < -0.3 is 10.4 Å². The van der Waals surface area contributed by atoms with Crippen LogP contribution < -0.4 is 5.32 Å². The van der Waals surface area contributed by atoms with Gasteiger partial charge in [-0.25, -0.2) is 4.39 Å². The van der Waals surface area contributed by atoms with Crippen molar-refractivity contribution in [3.8, 4) is 22.8 Å². The van der Waals surface area contributed by atoms with Gasteiger partial charge in [-0.05, 0) is 55.5 Å². The van der Waals surface area contributed by atoms with E-state index in [1.54, 1.807) is 18.2 Å². The number of halogens is 1. The summed E-state index contributed by atoms with van der Waals surface area (Å²) in [6.07, 6.45) is 0. The first-order chi connectivity index (χ1) is 15.0. The Morgan fingerprint density at radius 2 is 1.74 bits per heavy atom. The lowest BCUT2D eigenvalue weighted by molar-refractivity contribution is -0.113. The first-order valence-corrected chi connectivity index (χ1v) is 10.5. The second kappa shape index (κ2) is 9.01. The number of nitrogens with zero attached hydrogens (tertiary/aromatic N) is 3. The van der Waals surface area contributed by atoms with Gasteiger partial charge in [-0.15, -0.1) is 10.2 Å². The van der Waals surface area contributed by atoms with Gasteiger partial charge in [0, 0.05) is 11.4 Å². The molecule has 0 atom stereocenters. The van der Waals surface area contributed by atoms with Crippen LogP contribution in [0.5, 0.6) is 5.75 Å². The van der Waals surface area contributed by atoms with E-state index in [0.29, 0.717) is 22.2 Å². The van der Waals surface area contributed by atoms with Gasteiger partial charge in [0.05, 0.1) is 11.3 Å². The van der Waals surface area contributed by atoms with Crippen LogP contribution in [0.2, 0.25) is 0 Å². The predicted octanol–water partition coefficient (Wildman–Crippen LogP) is 4.82. The Balaban J connectivity index is 1.61. The second-order valence-corrected chi connectivity index (χ2v) is 7.78. The van der Waals surface area contributed by atoms with E-state index in [1.165, 1.54) is 36.0 Å². The van der Waals surface area contributed by atoms with E-state index < -0.39 is 0 Å². The van der Waals surface area contributed by atoms with Crippen LogP contribution in [0.4, 0.5) is 10.1 Å². The Morgan fingerprint density at radius 1 is 1.03 bits per heavy atom. The summed E-state index contributed by atoms with van der Waals surface area (Å²) in [6, 6.07) is 20.3. The van der Waals surface area contributed by atoms with Crippen LogP contribution in [-0.2, 0) is 4.79 Å². The Morgan fingerprint density at radius 3 is 2.45 bits per heavy atom. The summed E-state index contributed by atoms with van der Waals surface area (Å²) in [5, 5.41) is 22.1.